The summed E-state index contributed by atoms with van der Waals surface area (Å²) in [4.78, 5) is 32.8. The molecule has 7 heteroatoms. The first-order valence-electron chi connectivity index (χ1n) is 9.22. The van der Waals surface area contributed by atoms with Crippen molar-refractivity contribution in [1.29, 1.82) is 0 Å². The van der Waals surface area contributed by atoms with Crippen molar-refractivity contribution < 1.29 is 14.3 Å². The molecule has 0 atom stereocenters. The minimum Gasteiger partial charge on any atom is -0.462 e. The number of aromatic nitrogens is 2. The van der Waals surface area contributed by atoms with E-state index in [1.165, 1.54) is 0 Å². The molecule has 0 saturated heterocycles. The summed E-state index contributed by atoms with van der Waals surface area (Å²) in [5, 5.41) is 5.95. The second kappa shape index (κ2) is 8.97. The van der Waals surface area contributed by atoms with Gasteiger partial charge in [-0.15, -0.1) is 0 Å². The molecule has 148 valence electrons. The number of ether oxygens (including phenoxy) is 1. The van der Waals surface area contributed by atoms with Crippen LogP contribution in [-0.2, 0) is 4.74 Å². The first-order valence-corrected chi connectivity index (χ1v) is 9.22. The van der Waals surface area contributed by atoms with E-state index in [1.54, 1.807) is 44.2 Å². The highest BCUT2D eigenvalue weighted by molar-refractivity contribution is 6.03. The van der Waals surface area contributed by atoms with Crippen molar-refractivity contribution in [3.63, 3.8) is 0 Å². The lowest BCUT2D eigenvalue weighted by Gasteiger charge is -2.10. The standard InChI is InChI=1S/C22H22N4O3/c1-4-29-22(28)16-7-11-17(12-8-16)25-20-13-19(23-15(3)24-20)21(27)26-18-9-5-14(2)6-10-18/h5-13H,4H2,1-3H3,(H,26,27)(H,23,24,25). The molecule has 1 aromatic heterocycles. The summed E-state index contributed by atoms with van der Waals surface area (Å²) in [6.07, 6.45) is 0. The third kappa shape index (κ3) is 5.38. The Hall–Kier alpha value is -3.74. The number of rotatable bonds is 6. The monoisotopic (exact) mass is 390 g/mol. The Labute approximate surface area is 169 Å². The molecule has 7 nitrogen and oxygen atoms in total. The second-order valence-electron chi connectivity index (χ2n) is 6.43. The molecular formula is C22H22N4O3. The lowest BCUT2D eigenvalue weighted by atomic mass is 10.2. The van der Waals surface area contributed by atoms with Crippen LogP contribution in [0.25, 0.3) is 0 Å². The van der Waals surface area contributed by atoms with Gasteiger partial charge in [0.2, 0.25) is 0 Å². The number of nitrogens with zero attached hydrogens (tertiary/aromatic N) is 2. The van der Waals surface area contributed by atoms with Crippen LogP contribution in [-0.4, -0.2) is 28.5 Å². The van der Waals surface area contributed by atoms with E-state index in [2.05, 4.69) is 20.6 Å². The van der Waals surface area contributed by atoms with Crippen LogP contribution in [0.3, 0.4) is 0 Å². The minimum atomic E-state index is -0.369. The van der Waals surface area contributed by atoms with Crippen LogP contribution >= 0.6 is 0 Å². The molecule has 0 radical (unpaired) electrons. The first kappa shape index (κ1) is 20.0. The predicted octanol–water partition coefficient (Wildman–Crippen LogP) is 4.27. The van der Waals surface area contributed by atoms with E-state index in [4.69, 9.17) is 4.74 Å². The molecule has 0 spiro atoms. The molecule has 0 unspecified atom stereocenters. The van der Waals surface area contributed by atoms with E-state index in [9.17, 15) is 9.59 Å². The van der Waals surface area contributed by atoms with Crippen molar-refractivity contribution in [2.24, 2.45) is 0 Å². The van der Waals surface area contributed by atoms with E-state index in [-0.39, 0.29) is 17.6 Å². The van der Waals surface area contributed by atoms with Crippen LogP contribution in [0.15, 0.2) is 54.6 Å². The van der Waals surface area contributed by atoms with Crippen molar-refractivity contribution >= 4 is 29.1 Å². The summed E-state index contributed by atoms with van der Waals surface area (Å²) in [5.74, 6) is 0.259. The molecule has 3 rings (SSSR count). The highest BCUT2D eigenvalue weighted by Crippen LogP contribution is 2.18. The summed E-state index contributed by atoms with van der Waals surface area (Å²) in [6, 6.07) is 15.9. The third-order valence-corrected chi connectivity index (χ3v) is 4.05. The second-order valence-corrected chi connectivity index (χ2v) is 6.43. The predicted molar refractivity (Wildman–Crippen MR) is 112 cm³/mol. The smallest absolute Gasteiger partial charge is 0.338 e. The average molecular weight is 390 g/mol. The maximum Gasteiger partial charge on any atom is 0.338 e. The Morgan fingerprint density at radius 1 is 0.931 bits per heavy atom. The van der Waals surface area contributed by atoms with E-state index in [1.807, 2.05) is 31.2 Å². The maximum absolute atomic E-state index is 12.6. The van der Waals surface area contributed by atoms with Gasteiger partial charge in [0.05, 0.1) is 12.2 Å². The Kier molecular flexibility index (Phi) is 6.19. The van der Waals surface area contributed by atoms with Crippen LogP contribution in [0.5, 0.6) is 0 Å². The fraction of sp³-hybridized carbons (Fsp3) is 0.182. The molecule has 0 aliphatic carbocycles. The zero-order valence-corrected chi connectivity index (χ0v) is 16.5. The largest absolute Gasteiger partial charge is 0.462 e. The molecule has 29 heavy (non-hydrogen) atoms. The highest BCUT2D eigenvalue weighted by atomic mass is 16.5. The van der Waals surface area contributed by atoms with Gasteiger partial charge in [0.1, 0.15) is 17.3 Å². The Morgan fingerprint density at radius 2 is 1.59 bits per heavy atom. The van der Waals surface area contributed by atoms with Crippen LogP contribution in [0.1, 0.15) is 39.2 Å². The van der Waals surface area contributed by atoms with E-state index in [0.29, 0.717) is 29.5 Å². The van der Waals surface area contributed by atoms with Crippen molar-refractivity contribution in [2.45, 2.75) is 20.8 Å². The van der Waals surface area contributed by atoms with E-state index >= 15 is 0 Å². The molecule has 3 aromatic rings. The molecule has 2 aromatic carbocycles. The van der Waals surface area contributed by atoms with Gasteiger partial charge in [-0.3, -0.25) is 4.79 Å². The fourth-order valence-corrected chi connectivity index (χ4v) is 2.63. The number of hydrogen-bond acceptors (Lipinski definition) is 6. The fourth-order valence-electron chi connectivity index (χ4n) is 2.63. The molecular weight excluding hydrogens is 368 g/mol. The average Bonchev–Trinajstić information content (AvgIpc) is 2.70. The summed E-state index contributed by atoms with van der Waals surface area (Å²) in [7, 11) is 0. The Morgan fingerprint density at radius 3 is 2.24 bits per heavy atom. The number of carbonyl (C=O) groups excluding carboxylic acids is 2. The number of anilines is 3. The third-order valence-electron chi connectivity index (χ3n) is 4.05. The van der Waals surface area contributed by atoms with Crippen molar-refractivity contribution in [3.8, 4) is 0 Å². The van der Waals surface area contributed by atoms with Crippen molar-refractivity contribution in [3.05, 3.63) is 77.2 Å². The lowest BCUT2D eigenvalue weighted by Crippen LogP contribution is -2.15. The molecule has 1 heterocycles. The van der Waals surface area contributed by atoms with Gasteiger partial charge in [-0.2, -0.15) is 0 Å². The highest BCUT2D eigenvalue weighted by Gasteiger charge is 2.12. The van der Waals surface area contributed by atoms with E-state index in [0.717, 1.165) is 11.3 Å². The number of hydrogen-bond donors (Lipinski definition) is 2. The van der Waals surface area contributed by atoms with Crippen molar-refractivity contribution in [1.82, 2.24) is 9.97 Å². The molecule has 0 aliphatic rings. The summed E-state index contributed by atoms with van der Waals surface area (Å²) < 4.78 is 4.97. The van der Waals surface area contributed by atoms with Gasteiger partial charge in [-0.05, 0) is 57.2 Å². The molecule has 0 bridgehead atoms. The maximum atomic E-state index is 12.6. The topological polar surface area (TPSA) is 93.2 Å². The van der Waals surface area contributed by atoms with Gasteiger partial charge in [-0.1, -0.05) is 17.7 Å². The van der Waals surface area contributed by atoms with Gasteiger partial charge < -0.3 is 15.4 Å². The van der Waals surface area contributed by atoms with Crippen LogP contribution in [0.2, 0.25) is 0 Å². The Bertz CT molecular complexity index is 1020. The van der Waals surface area contributed by atoms with Crippen LogP contribution in [0, 0.1) is 13.8 Å². The van der Waals surface area contributed by atoms with Gasteiger partial charge in [0.25, 0.3) is 5.91 Å². The SMILES string of the molecule is CCOC(=O)c1ccc(Nc2cc(C(=O)Nc3ccc(C)cc3)nc(C)n2)cc1. The van der Waals surface area contributed by atoms with E-state index < -0.39 is 0 Å². The van der Waals surface area contributed by atoms with Crippen molar-refractivity contribution in [2.75, 3.05) is 17.2 Å². The summed E-state index contributed by atoms with van der Waals surface area (Å²) >= 11 is 0. The zero-order valence-electron chi connectivity index (χ0n) is 16.5. The van der Waals surface area contributed by atoms with Gasteiger partial charge >= 0.3 is 5.97 Å². The summed E-state index contributed by atoms with van der Waals surface area (Å²) in [5.41, 5.74) is 3.25. The van der Waals surface area contributed by atoms with Gasteiger partial charge in [-0.25, -0.2) is 14.8 Å². The molecule has 2 N–H and O–H groups in total. The van der Waals surface area contributed by atoms with Crippen LogP contribution < -0.4 is 10.6 Å². The molecule has 1 amide bonds. The first-order chi connectivity index (χ1) is 13.9. The molecule has 0 saturated carbocycles. The van der Waals surface area contributed by atoms with Gasteiger partial charge in [0, 0.05) is 17.4 Å². The van der Waals surface area contributed by atoms with Gasteiger partial charge in [0.15, 0.2) is 0 Å². The number of nitrogens with one attached hydrogen (secondary N) is 2. The number of aryl methyl sites for hydroxylation is 2. The number of amides is 1. The quantitative estimate of drug-likeness (QED) is 0.611. The summed E-state index contributed by atoms with van der Waals surface area (Å²) in [6.45, 7) is 5.79. The molecule has 0 fully saturated rings. The normalized spacial score (nSPS) is 10.3. The Balaban J connectivity index is 1.74. The minimum absolute atomic E-state index is 0.253. The lowest BCUT2D eigenvalue weighted by molar-refractivity contribution is 0.0526. The molecule has 0 aliphatic heterocycles. The number of esters is 1. The number of carbonyl (C=O) groups is 2. The number of benzene rings is 2. The van der Waals surface area contributed by atoms with Crippen LogP contribution in [0.4, 0.5) is 17.2 Å². The zero-order chi connectivity index (χ0) is 20.8.